The monoisotopic (exact) mass is 382 g/mol. The third-order valence-electron chi connectivity index (χ3n) is 5.18. The Balaban J connectivity index is 1.69. The van der Waals surface area contributed by atoms with Gasteiger partial charge in [0.05, 0.1) is 24.9 Å². The molecule has 1 aromatic heterocycles. The van der Waals surface area contributed by atoms with Gasteiger partial charge in [-0.15, -0.1) is 0 Å². The second kappa shape index (κ2) is 8.12. The zero-order valence-electron chi connectivity index (χ0n) is 16.3. The summed E-state index contributed by atoms with van der Waals surface area (Å²) < 4.78 is 5.61. The van der Waals surface area contributed by atoms with Crippen LogP contribution in [0.15, 0.2) is 24.3 Å². The quantitative estimate of drug-likeness (QED) is 0.749. The SMILES string of the molecule is CNC(=O)Nc1ccc(-c2nc3c(c(N4CCOC[C@@H]4C)n2)CCNC3)cc1. The molecule has 1 fully saturated rings. The van der Waals surface area contributed by atoms with Gasteiger partial charge in [-0.3, -0.25) is 0 Å². The number of carbonyl (C=O) groups excluding carboxylic acids is 1. The average molecular weight is 382 g/mol. The van der Waals surface area contributed by atoms with Crippen molar-refractivity contribution in [3.63, 3.8) is 0 Å². The average Bonchev–Trinajstić information content (AvgIpc) is 2.74. The van der Waals surface area contributed by atoms with E-state index in [1.54, 1.807) is 7.05 Å². The van der Waals surface area contributed by atoms with Gasteiger partial charge in [0.25, 0.3) is 0 Å². The van der Waals surface area contributed by atoms with Crippen molar-refractivity contribution < 1.29 is 9.53 Å². The van der Waals surface area contributed by atoms with Crippen molar-refractivity contribution in [2.24, 2.45) is 0 Å². The summed E-state index contributed by atoms with van der Waals surface area (Å²) in [5.74, 6) is 1.74. The largest absolute Gasteiger partial charge is 0.377 e. The molecule has 0 saturated carbocycles. The maximum atomic E-state index is 11.5. The second-order valence-corrected chi connectivity index (χ2v) is 7.12. The highest BCUT2D eigenvalue weighted by Gasteiger charge is 2.27. The Kier molecular flexibility index (Phi) is 5.40. The van der Waals surface area contributed by atoms with Crippen molar-refractivity contribution in [2.45, 2.75) is 25.9 Å². The van der Waals surface area contributed by atoms with Crippen molar-refractivity contribution in [1.29, 1.82) is 0 Å². The van der Waals surface area contributed by atoms with E-state index in [0.717, 1.165) is 55.4 Å². The number of amides is 2. The van der Waals surface area contributed by atoms with Crippen molar-refractivity contribution >= 4 is 17.5 Å². The summed E-state index contributed by atoms with van der Waals surface area (Å²) in [6, 6.07) is 7.65. The zero-order valence-corrected chi connectivity index (χ0v) is 16.3. The van der Waals surface area contributed by atoms with Gasteiger partial charge in [-0.25, -0.2) is 14.8 Å². The van der Waals surface area contributed by atoms with Crippen LogP contribution in [0.25, 0.3) is 11.4 Å². The van der Waals surface area contributed by atoms with Gasteiger partial charge < -0.3 is 25.6 Å². The second-order valence-electron chi connectivity index (χ2n) is 7.12. The summed E-state index contributed by atoms with van der Waals surface area (Å²) in [7, 11) is 1.59. The highest BCUT2D eigenvalue weighted by atomic mass is 16.5. The number of ether oxygens (including phenoxy) is 1. The van der Waals surface area contributed by atoms with Crippen molar-refractivity contribution in [1.82, 2.24) is 20.6 Å². The molecule has 3 N–H and O–H groups in total. The molecule has 0 bridgehead atoms. The molecular weight excluding hydrogens is 356 g/mol. The van der Waals surface area contributed by atoms with Crippen LogP contribution in [0, 0.1) is 0 Å². The van der Waals surface area contributed by atoms with Crippen molar-refractivity contribution in [3.8, 4) is 11.4 Å². The molecule has 0 unspecified atom stereocenters. The third-order valence-corrected chi connectivity index (χ3v) is 5.18. The van der Waals surface area contributed by atoms with Crippen molar-refractivity contribution in [3.05, 3.63) is 35.5 Å². The van der Waals surface area contributed by atoms with Gasteiger partial charge in [0, 0.05) is 37.0 Å². The number of carbonyl (C=O) groups is 1. The summed E-state index contributed by atoms with van der Waals surface area (Å²) in [6.45, 7) is 6.15. The van der Waals surface area contributed by atoms with Gasteiger partial charge in [-0.1, -0.05) is 0 Å². The van der Waals surface area contributed by atoms with E-state index in [0.29, 0.717) is 12.4 Å². The lowest BCUT2D eigenvalue weighted by atomic mass is 10.0. The van der Waals surface area contributed by atoms with Crippen LogP contribution in [0.1, 0.15) is 18.2 Å². The highest BCUT2D eigenvalue weighted by Crippen LogP contribution is 2.30. The topological polar surface area (TPSA) is 91.4 Å². The van der Waals surface area contributed by atoms with Crippen LogP contribution >= 0.6 is 0 Å². The lowest BCUT2D eigenvalue weighted by Gasteiger charge is -2.36. The molecule has 148 valence electrons. The number of hydrogen-bond acceptors (Lipinski definition) is 6. The number of anilines is 2. The number of aromatic nitrogens is 2. The molecule has 1 saturated heterocycles. The van der Waals surface area contributed by atoms with Crippen LogP contribution in [0.2, 0.25) is 0 Å². The minimum absolute atomic E-state index is 0.243. The van der Waals surface area contributed by atoms with Crippen LogP contribution in [0.3, 0.4) is 0 Å². The standard InChI is InChI=1S/C20H26N6O2/c1-13-12-28-10-9-26(13)19-16-7-8-22-11-17(16)24-18(25-19)14-3-5-15(6-4-14)23-20(27)21-2/h3-6,13,22H,7-12H2,1-2H3,(H2,21,23,27)/t13-/m0/s1. The van der Waals surface area contributed by atoms with E-state index in [4.69, 9.17) is 14.7 Å². The molecular formula is C20H26N6O2. The Labute approximate surface area is 164 Å². The number of hydrogen-bond donors (Lipinski definition) is 3. The molecule has 0 spiro atoms. The van der Waals surface area contributed by atoms with E-state index in [2.05, 4.69) is 27.8 Å². The molecule has 2 aromatic rings. The number of fused-ring (bicyclic) bond motifs is 1. The summed E-state index contributed by atoms with van der Waals surface area (Å²) in [5, 5.41) is 8.72. The van der Waals surface area contributed by atoms with Crippen LogP contribution in [-0.4, -0.2) is 55.4 Å². The van der Waals surface area contributed by atoms with Gasteiger partial charge in [-0.05, 0) is 44.2 Å². The fourth-order valence-electron chi connectivity index (χ4n) is 3.64. The predicted molar refractivity (Wildman–Crippen MR) is 109 cm³/mol. The number of benzene rings is 1. The number of urea groups is 1. The van der Waals surface area contributed by atoms with Gasteiger partial charge >= 0.3 is 6.03 Å². The number of nitrogens with one attached hydrogen (secondary N) is 3. The van der Waals surface area contributed by atoms with E-state index in [1.165, 1.54) is 5.56 Å². The summed E-state index contributed by atoms with van der Waals surface area (Å²) in [6.07, 6.45) is 0.935. The molecule has 2 aliphatic heterocycles. The fourth-order valence-corrected chi connectivity index (χ4v) is 3.64. The summed E-state index contributed by atoms with van der Waals surface area (Å²) in [5.41, 5.74) is 3.97. The van der Waals surface area contributed by atoms with Crippen LogP contribution in [-0.2, 0) is 17.7 Å². The van der Waals surface area contributed by atoms with E-state index in [1.807, 2.05) is 24.3 Å². The molecule has 8 nitrogen and oxygen atoms in total. The molecule has 2 aliphatic rings. The smallest absolute Gasteiger partial charge is 0.318 e. The Bertz CT molecular complexity index is 855. The molecule has 1 atom stereocenters. The maximum absolute atomic E-state index is 11.5. The Morgan fingerprint density at radius 2 is 2.11 bits per heavy atom. The zero-order chi connectivity index (χ0) is 19.5. The predicted octanol–water partition coefficient (Wildman–Crippen LogP) is 1.77. The van der Waals surface area contributed by atoms with Crippen molar-refractivity contribution in [2.75, 3.05) is 43.6 Å². The van der Waals surface area contributed by atoms with E-state index < -0.39 is 0 Å². The minimum atomic E-state index is -0.243. The molecule has 8 heteroatoms. The third kappa shape index (κ3) is 3.79. The van der Waals surface area contributed by atoms with Gasteiger partial charge in [-0.2, -0.15) is 0 Å². The van der Waals surface area contributed by atoms with Crippen LogP contribution < -0.4 is 20.9 Å². The lowest BCUT2D eigenvalue weighted by Crippen LogP contribution is -2.45. The Hall–Kier alpha value is -2.71. The normalized spacial score (nSPS) is 19.1. The summed E-state index contributed by atoms with van der Waals surface area (Å²) >= 11 is 0. The first-order valence-corrected chi connectivity index (χ1v) is 9.70. The maximum Gasteiger partial charge on any atom is 0.318 e. The minimum Gasteiger partial charge on any atom is -0.377 e. The Morgan fingerprint density at radius 1 is 1.29 bits per heavy atom. The molecule has 3 heterocycles. The van der Waals surface area contributed by atoms with Gasteiger partial charge in [0.15, 0.2) is 5.82 Å². The molecule has 1 aromatic carbocycles. The molecule has 4 rings (SSSR count). The molecule has 0 radical (unpaired) electrons. The lowest BCUT2D eigenvalue weighted by molar-refractivity contribution is 0.0984. The molecule has 28 heavy (non-hydrogen) atoms. The van der Waals surface area contributed by atoms with E-state index in [-0.39, 0.29) is 12.1 Å². The van der Waals surface area contributed by atoms with E-state index >= 15 is 0 Å². The summed E-state index contributed by atoms with van der Waals surface area (Å²) in [4.78, 5) is 23.6. The number of nitrogens with zero attached hydrogens (tertiary/aromatic N) is 3. The molecule has 0 aliphatic carbocycles. The highest BCUT2D eigenvalue weighted by molar-refractivity contribution is 5.89. The van der Waals surface area contributed by atoms with Crippen LogP contribution in [0.5, 0.6) is 0 Å². The molecule has 2 amide bonds. The van der Waals surface area contributed by atoms with E-state index in [9.17, 15) is 4.79 Å². The first kappa shape index (κ1) is 18.6. The van der Waals surface area contributed by atoms with Gasteiger partial charge in [0.2, 0.25) is 0 Å². The fraction of sp³-hybridized carbons (Fsp3) is 0.450. The number of rotatable bonds is 3. The van der Waals surface area contributed by atoms with Crippen LogP contribution in [0.4, 0.5) is 16.3 Å². The first-order chi connectivity index (χ1) is 13.7. The van der Waals surface area contributed by atoms with Gasteiger partial charge in [0.1, 0.15) is 5.82 Å². The Morgan fingerprint density at radius 3 is 2.86 bits per heavy atom. The first-order valence-electron chi connectivity index (χ1n) is 9.70. The number of morpholine rings is 1.